The highest BCUT2D eigenvalue weighted by Gasteiger charge is 2.29. The number of hydrogen-bond donors (Lipinski definition) is 2. The zero-order valence-corrected chi connectivity index (χ0v) is 13.5. The number of benzene rings is 1. The van der Waals surface area contributed by atoms with Crippen LogP contribution in [0.15, 0.2) is 41.0 Å². The van der Waals surface area contributed by atoms with E-state index in [2.05, 4.69) is 31.2 Å². The van der Waals surface area contributed by atoms with Crippen molar-refractivity contribution in [2.24, 2.45) is 0 Å². The van der Waals surface area contributed by atoms with Crippen LogP contribution in [0.4, 0.5) is 5.82 Å². The topological polar surface area (TPSA) is 58.0 Å². The van der Waals surface area contributed by atoms with Crippen molar-refractivity contribution in [3.05, 3.63) is 52.4 Å². The van der Waals surface area contributed by atoms with E-state index < -0.39 is 5.54 Å². The van der Waals surface area contributed by atoms with Gasteiger partial charge < -0.3 is 10.4 Å². The molecule has 4 nitrogen and oxygen atoms in total. The van der Waals surface area contributed by atoms with Crippen molar-refractivity contribution in [2.75, 3.05) is 11.9 Å². The maximum Gasteiger partial charge on any atom is 0.135 e. The molecule has 0 saturated heterocycles. The first-order valence-corrected chi connectivity index (χ1v) is 7.89. The van der Waals surface area contributed by atoms with Crippen molar-refractivity contribution >= 4 is 21.7 Å². The molecule has 0 bridgehead atoms. The van der Waals surface area contributed by atoms with Gasteiger partial charge >= 0.3 is 0 Å². The summed E-state index contributed by atoms with van der Waals surface area (Å²) in [6, 6.07) is 11.8. The van der Waals surface area contributed by atoms with Gasteiger partial charge in [-0.1, -0.05) is 30.3 Å². The van der Waals surface area contributed by atoms with Crippen molar-refractivity contribution in [1.29, 1.82) is 0 Å². The normalized spacial score (nSPS) is 17.3. The molecule has 1 aliphatic carbocycles. The zero-order valence-electron chi connectivity index (χ0n) is 11.9. The van der Waals surface area contributed by atoms with Crippen LogP contribution in [0.3, 0.4) is 0 Å². The summed E-state index contributed by atoms with van der Waals surface area (Å²) >= 11 is 3.44. The Hall–Kier alpha value is -1.46. The van der Waals surface area contributed by atoms with E-state index in [4.69, 9.17) is 0 Å². The highest BCUT2D eigenvalue weighted by Crippen LogP contribution is 2.39. The molecule has 1 saturated carbocycles. The largest absolute Gasteiger partial charge is 0.394 e. The summed E-state index contributed by atoms with van der Waals surface area (Å²) < 4.78 is 0.773. The van der Waals surface area contributed by atoms with Crippen LogP contribution in [-0.4, -0.2) is 21.7 Å². The number of rotatable bonds is 5. The minimum absolute atomic E-state index is 0.0165. The van der Waals surface area contributed by atoms with E-state index >= 15 is 0 Å². The molecule has 1 unspecified atom stereocenters. The Balaban J connectivity index is 1.90. The fourth-order valence-electron chi connectivity index (χ4n) is 2.32. The van der Waals surface area contributed by atoms with Gasteiger partial charge in [-0.15, -0.1) is 0 Å². The number of halogens is 1. The average Bonchev–Trinajstić information content (AvgIpc) is 3.32. The Morgan fingerprint density at radius 1 is 1.29 bits per heavy atom. The first-order valence-electron chi connectivity index (χ1n) is 7.10. The van der Waals surface area contributed by atoms with E-state index in [-0.39, 0.29) is 6.61 Å². The SMILES string of the molecule is CC(CO)(Nc1cc(Br)nc(C2CC2)n1)c1ccccc1. The summed E-state index contributed by atoms with van der Waals surface area (Å²) in [4.78, 5) is 9.02. The molecular weight excluding hydrogens is 330 g/mol. The highest BCUT2D eigenvalue weighted by atomic mass is 79.9. The zero-order chi connectivity index (χ0) is 14.9. The smallest absolute Gasteiger partial charge is 0.135 e. The Kier molecular flexibility index (Phi) is 3.95. The second kappa shape index (κ2) is 5.73. The first-order chi connectivity index (χ1) is 10.1. The van der Waals surface area contributed by atoms with Gasteiger partial charge in [-0.25, -0.2) is 9.97 Å². The van der Waals surface area contributed by atoms with Gasteiger partial charge in [0, 0.05) is 12.0 Å². The van der Waals surface area contributed by atoms with Gasteiger partial charge in [0.1, 0.15) is 16.2 Å². The van der Waals surface area contributed by atoms with Gasteiger partial charge in [0.05, 0.1) is 12.1 Å². The van der Waals surface area contributed by atoms with E-state index in [1.807, 2.05) is 43.3 Å². The predicted octanol–water partition coefficient (Wildman–Crippen LogP) is 3.44. The van der Waals surface area contributed by atoms with Gasteiger partial charge in [-0.05, 0) is 41.3 Å². The van der Waals surface area contributed by atoms with E-state index in [1.54, 1.807) is 0 Å². The molecule has 1 aromatic carbocycles. The van der Waals surface area contributed by atoms with Crippen molar-refractivity contribution in [3.63, 3.8) is 0 Å². The summed E-state index contributed by atoms with van der Waals surface area (Å²) in [5.41, 5.74) is 0.450. The van der Waals surface area contributed by atoms with Crippen molar-refractivity contribution in [1.82, 2.24) is 9.97 Å². The third-order valence-electron chi connectivity index (χ3n) is 3.79. The Morgan fingerprint density at radius 3 is 2.62 bits per heavy atom. The second-order valence-corrected chi connectivity index (χ2v) is 6.50. The van der Waals surface area contributed by atoms with Gasteiger partial charge in [0.2, 0.25) is 0 Å². The number of hydrogen-bond acceptors (Lipinski definition) is 4. The predicted molar refractivity (Wildman–Crippen MR) is 86.2 cm³/mol. The third kappa shape index (κ3) is 3.24. The molecule has 0 aliphatic heterocycles. The van der Waals surface area contributed by atoms with Crippen molar-refractivity contribution < 1.29 is 5.11 Å². The van der Waals surface area contributed by atoms with E-state index in [9.17, 15) is 5.11 Å². The van der Waals surface area contributed by atoms with Crippen LogP contribution in [0.5, 0.6) is 0 Å². The second-order valence-electron chi connectivity index (χ2n) is 5.69. The van der Waals surface area contributed by atoms with Crippen LogP contribution in [0.25, 0.3) is 0 Å². The molecule has 1 aliphatic rings. The number of aliphatic hydroxyl groups excluding tert-OH is 1. The van der Waals surface area contributed by atoms with Gasteiger partial charge in [-0.3, -0.25) is 0 Å². The quantitative estimate of drug-likeness (QED) is 0.813. The lowest BCUT2D eigenvalue weighted by Crippen LogP contribution is -2.36. The molecule has 110 valence electrons. The number of anilines is 1. The monoisotopic (exact) mass is 347 g/mol. The lowest BCUT2D eigenvalue weighted by atomic mass is 9.93. The molecule has 3 rings (SSSR count). The molecule has 5 heteroatoms. The van der Waals surface area contributed by atoms with Gasteiger partial charge in [-0.2, -0.15) is 0 Å². The Bertz CT molecular complexity index is 631. The number of nitrogens with one attached hydrogen (secondary N) is 1. The summed E-state index contributed by atoms with van der Waals surface area (Å²) in [5, 5.41) is 13.2. The van der Waals surface area contributed by atoms with Gasteiger partial charge in [0.15, 0.2) is 0 Å². The molecular formula is C16H18BrN3O. The maximum atomic E-state index is 9.84. The van der Waals surface area contributed by atoms with E-state index in [0.717, 1.165) is 34.7 Å². The highest BCUT2D eigenvalue weighted by molar-refractivity contribution is 9.10. The third-order valence-corrected chi connectivity index (χ3v) is 4.19. The molecule has 1 aromatic heterocycles. The Morgan fingerprint density at radius 2 is 2.00 bits per heavy atom. The molecule has 0 amide bonds. The van der Waals surface area contributed by atoms with Crippen LogP contribution in [0.1, 0.15) is 37.1 Å². The van der Waals surface area contributed by atoms with Crippen molar-refractivity contribution in [3.8, 4) is 0 Å². The molecule has 21 heavy (non-hydrogen) atoms. The first kappa shape index (κ1) is 14.5. The summed E-state index contributed by atoms with van der Waals surface area (Å²) in [5.74, 6) is 2.10. The summed E-state index contributed by atoms with van der Waals surface area (Å²) in [6.45, 7) is 1.95. The fraction of sp³-hybridized carbons (Fsp3) is 0.375. The van der Waals surface area contributed by atoms with Crippen LogP contribution in [0, 0.1) is 0 Å². The molecule has 1 atom stereocenters. The number of nitrogens with zero attached hydrogens (tertiary/aromatic N) is 2. The average molecular weight is 348 g/mol. The van der Waals surface area contributed by atoms with Crippen LogP contribution in [-0.2, 0) is 5.54 Å². The van der Waals surface area contributed by atoms with Crippen molar-refractivity contribution in [2.45, 2.75) is 31.2 Å². The molecule has 1 heterocycles. The molecule has 1 fully saturated rings. The van der Waals surface area contributed by atoms with E-state index in [0.29, 0.717) is 5.92 Å². The van der Waals surface area contributed by atoms with Crippen LogP contribution < -0.4 is 5.32 Å². The minimum Gasteiger partial charge on any atom is -0.394 e. The fourth-order valence-corrected chi connectivity index (χ4v) is 2.71. The lowest BCUT2D eigenvalue weighted by Gasteiger charge is -2.30. The molecule has 2 N–H and O–H groups in total. The molecule has 2 aromatic rings. The Labute approximate surface area is 132 Å². The van der Waals surface area contributed by atoms with Crippen LogP contribution >= 0.6 is 15.9 Å². The molecule has 0 spiro atoms. The van der Waals surface area contributed by atoms with Gasteiger partial charge in [0.25, 0.3) is 0 Å². The number of aromatic nitrogens is 2. The lowest BCUT2D eigenvalue weighted by molar-refractivity contribution is 0.223. The summed E-state index contributed by atoms with van der Waals surface area (Å²) in [6.07, 6.45) is 2.32. The summed E-state index contributed by atoms with van der Waals surface area (Å²) in [7, 11) is 0. The standard InChI is InChI=1S/C16H18BrN3O/c1-16(10-21,12-5-3-2-4-6-12)20-14-9-13(17)18-15(19-14)11-7-8-11/h2-6,9,11,21H,7-8,10H2,1H3,(H,18,19,20). The maximum absolute atomic E-state index is 9.84. The molecule has 0 radical (unpaired) electrons. The number of aliphatic hydroxyl groups is 1. The minimum atomic E-state index is -0.574. The van der Waals surface area contributed by atoms with Crippen LogP contribution in [0.2, 0.25) is 0 Å². The van der Waals surface area contributed by atoms with E-state index in [1.165, 1.54) is 0 Å².